The van der Waals surface area contributed by atoms with E-state index in [1.165, 1.54) is 4.88 Å². The van der Waals surface area contributed by atoms with Crippen molar-refractivity contribution in [3.8, 4) is 21.9 Å². The van der Waals surface area contributed by atoms with Gasteiger partial charge in [-0.2, -0.15) is 0 Å². The number of nitrogens with zero attached hydrogens (tertiary/aromatic N) is 2. The van der Waals surface area contributed by atoms with Gasteiger partial charge in [0.2, 0.25) is 0 Å². The van der Waals surface area contributed by atoms with Crippen LogP contribution in [0.15, 0.2) is 48.5 Å². The van der Waals surface area contributed by atoms with Gasteiger partial charge in [0.25, 0.3) is 0 Å². The highest BCUT2D eigenvalue weighted by molar-refractivity contribution is 7.15. The summed E-state index contributed by atoms with van der Waals surface area (Å²) in [5.41, 5.74) is 2.78. The number of anilines is 1. The Kier molecular flexibility index (Phi) is 6.06. The average molecular weight is 436 g/mol. The van der Waals surface area contributed by atoms with Crippen molar-refractivity contribution >= 4 is 28.1 Å². The summed E-state index contributed by atoms with van der Waals surface area (Å²) in [5, 5.41) is 14.1. The lowest BCUT2D eigenvalue weighted by Gasteiger charge is -2.16. The van der Waals surface area contributed by atoms with E-state index in [4.69, 9.17) is 9.47 Å². The smallest absolute Gasteiger partial charge is 0.162 e. The monoisotopic (exact) mass is 435 g/mol. The van der Waals surface area contributed by atoms with Crippen molar-refractivity contribution in [3.63, 3.8) is 0 Å². The standard InChI is InChI=1S/C24H25N3O3S/c1-14(22-9-10-23(31-22)17-8-6-5-7-16(17)13-28)25-24-18-11-20(29-3)21(30-4)12-19(18)26-15(2)27-24/h5-12,14,28H,13H2,1-4H3,(H,25,26,27). The summed E-state index contributed by atoms with van der Waals surface area (Å²) >= 11 is 1.70. The second-order valence-corrected chi connectivity index (χ2v) is 8.34. The number of methoxy groups -OCH3 is 2. The molecule has 0 spiro atoms. The number of rotatable bonds is 7. The fourth-order valence-corrected chi connectivity index (χ4v) is 4.66. The third-order valence-electron chi connectivity index (χ3n) is 5.17. The van der Waals surface area contributed by atoms with Crippen molar-refractivity contribution in [2.45, 2.75) is 26.5 Å². The summed E-state index contributed by atoms with van der Waals surface area (Å²) in [7, 11) is 3.23. The number of ether oxygens (including phenoxy) is 2. The molecule has 0 aliphatic heterocycles. The molecule has 6 nitrogen and oxygen atoms in total. The highest BCUT2D eigenvalue weighted by Gasteiger charge is 2.16. The summed E-state index contributed by atoms with van der Waals surface area (Å²) in [5.74, 6) is 2.70. The number of nitrogens with one attached hydrogen (secondary N) is 1. The molecule has 0 saturated heterocycles. The Labute approximate surface area is 185 Å². The van der Waals surface area contributed by atoms with E-state index < -0.39 is 0 Å². The van der Waals surface area contributed by atoms with Gasteiger partial charge in [-0.25, -0.2) is 9.97 Å². The lowest BCUT2D eigenvalue weighted by atomic mass is 10.1. The predicted octanol–water partition coefficient (Wildman–Crippen LogP) is 5.35. The lowest BCUT2D eigenvalue weighted by molar-refractivity contribution is 0.282. The maximum absolute atomic E-state index is 9.66. The molecule has 1 atom stereocenters. The molecule has 2 aromatic heterocycles. The molecular weight excluding hydrogens is 410 g/mol. The van der Waals surface area contributed by atoms with Crippen molar-refractivity contribution in [3.05, 3.63) is 64.8 Å². The van der Waals surface area contributed by atoms with Crippen LogP contribution in [0.1, 0.15) is 29.2 Å². The van der Waals surface area contributed by atoms with Crippen LogP contribution >= 0.6 is 11.3 Å². The zero-order valence-corrected chi connectivity index (χ0v) is 18.8. The van der Waals surface area contributed by atoms with Crippen LogP contribution in [-0.4, -0.2) is 29.3 Å². The SMILES string of the molecule is COc1cc2nc(C)nc(NC(C)c3ccc(-c4ccccc4CO)s3)c2cc1OC. The minimum atomic E-state index is 0.0225. The lowest BCUT2D eigenvalue weighted by Crippen LogP contribution is -2.08. The van der Waals surface area contributed by atoms with Crippen LogP contribution in [0, 0.1) is 6.92 Å². The largest absolute Gasteiger partial charge is 0.493 e. The Morgan fingerprint density at radius 2 is 1.77 bits per heavy atom. The van der Waals surface area contributed by atoms with E-state index in [1.807, 2.05) is 43.3 Å². The number of hydrogen-bond donors (Lipinski definition) is 2. The van der Waals surface area contributed by atoms with Gasteiger partial charge in [0.1, 0.15) is 11.6 Å². The number of aryl methyl sites for hydroxylation is 1. The van der Waals surface area contributed by atoms with Gasteiger partial charge in [-0.05, 0) is 43.2 Å². The number of hydrogen-bond acceptors (Lipinski definition) is 7. The maximum atomic E-state index is 9.66. The fourth-order valence-electron chi connectivity index (χ4n) is 3.59. The molecule has 7 heteroatoms. The van der Waals surface area contributed by atoms with Crippen LogP contribution < -0.4 is 14.8 Å². The molecule has 160 valence electrons. The van der Waals surface area contributed by atoms with Gasteiger partial charge in [-0.3, -0.25) is 0 Å². The quantitative estimate of drug-likeness (QED) is 0.408. The van der Waals surface area contributed by atoms with E-state index in [-0.39, 0.29) is 12.6 Å². The van der Waals surface area contributed by atoms with Crippen molar-refractivity contribution in [2.75, 3.05) is 19.5 Å². The van der Waals surface area contributed by atoms with Gasteiger partial charge in [0, 0.05) is 21.2 Å². The Balaban J connectivity index is 1.67. The number of fused-ring (bicyclic) bond motifs is 1. The number of thiophene rings is 1. The van der Waals surface area contributed by atoms with Crippen molar-refractivity contribution in [1.29, 1.82) is 0 Å². The van der Waals surface area contributed by atoms with E-state index in [1.54, 1.807) is 25.6 Å². The highest BCUT2D eigenvalue weighted by Crippen LogP contribution is 2.37. The number of aliphatic hydroxyl groups excluding tert-OH is 1. The molecule has 0 fully saturated rings. The van der Waals surface area contributed by atoms with Crippen molar-refractivity contribution < 1.29 is 14.6 Å². The van der Waals surface area contributed by atoms with E-state index in [2.05, 4.69) is 34.3 Å². The van der Waals surface area contributed by atoms with Crippen LogP contribution in [0.2, 0.25) is 0 Å². The molecule has 4 rings (SSSR count). The zero-order valence-electron chi connectivity index (χ0n) is 18.0. The third kappa shape index (κ3) is 4.19. The van der Waals surface area contributed by atoms with Gasteiger partial charge in [-0.15, -0.1) is 11.3 Å². The molecule has 0 saturated carbocycles. The molecule has 4 aromatic rings. The fraction of sp³-hybridized carbons (Fsp3) is 0.250. The van der Waals surface area contributed by atoms with Crippen molar-refractivity contribution in [2.24, 2.45) is 0 Å². The third-order valence-corrected chi connectivity index (χ3v) is 6.47. The molecule has 2 N–H and O–H groups in total. The Morgan fingerprint density at radius 1 is 1.03 bits per heavy atom. The summed E-state index contributed by atoms with van der Waals surface area (Å²) in [4.78, 5) is 11.5. The van der Waals surface area contributed by atoms with E-state index in [9.17, 15) is 5.11 Å². The van der Waals surface area contributed by atoms with Gasteiger partial charge in [0.05, 0.1) is 32.4 Å². The Bertz CT molecular complexity index is 1220. The summed E-state index contributed by atoms with van der Waals surface area (Å²) in [6.45, 7) is 4.01. The van der Waals surface area contributed by atoms with Crippen LogP contribution in [0.25, 0.3) is 21.3 Å². The summed E-state index contributed by atoms with van der Waals surface area (Å²) in [6, 6.07) is 16.0. The molecule has 0 bridgehead atoms. The van der Waals surface area contributed by atoms with Crippen LogP contribution in [0.4, 0.5) is 5.82 Å². The molecule has 0 aliphatic rings. The van der Waals surface area contributed by atoms with Gasteiger partial charge >= 0.3 is 0 Å². The highest BCUT2D eigenvalue weighted by atomic mass is 32.1. The first kappa shape index (κ1) is 21.1. The minimum Gasteiger partial charge on any atom is -0.493 e. The Morgan fingerprint density at radius 3 is 2.52 bits per heavy atom. The summed E-state index contributed by atoms with van der Waals surface area (Å²) in [6.07, 6.45) is 0. The van der Waals surface area contributed by atoms with Gasteiger partial charge in [-0.1, -0.05) is 24.3 Å². The topological polar surface area (TPSA) is 76.5 Å². The molecule has 1 unspecified atom stereocenters. The average Bonchev–Trinajstić information content (AvgIpc) is 3.28. The van der Waals surface area contributed by atoms with E-state index >= 15 is 0 Å². The molecule has 0 amide bonds. The number of aliphatic hydroxyl groups is 1. The predicted molar refractivity (Wildman–Crippen MR) is 125 cm³/mol. The number of benzene rings is 2. The normalized spacial score (nSPS) is 12.0. The van der Waals surface area contributed by atoms with Crippen LogP contribution in [-0.2, 0) is 6.61 Å². The Hall–Kier alpha value is -3.16. The van der Waals surface area contributed by atoms with Gasteiger partial charge in [0.15, 0.2) is 11.5 Å². The van der Waals surface area contributed by atoms with Gasteiger partial charge < -0.3 is 19.9 Å². The first-order valence-corrected chi connectivity index (χ1v) is 10.8. The summed E-state index contributed by atoms with van der Waals surface area (Å²) < 4.78 is 10.9. The van der Waals surface area contributed by atoms with Crippen LogP contribution in [0.3, 0.4) is 0 Å². The van der Waals surface area contributed by atoms with E-state index in [0.717, 1.165) is 32.7 Å². The second-order valence-electron chi connectivity index (χ2n) is 7.23. The molecule has 2 aromatic carbocycles. The molecule has 31 heavy (non-hydrogen) atoms. The van der Waals surface area contributed by atoms with Crippen LogP contribution in [0.5, 0.6) is 11.5 Å². The molecule has 2 heterocycles. The molecule has 0 radical (unpaired) electrons. The van der Waals surface area contributed by atoms with E-state index in [0.29, 0.717) is 17.3 Å². The first-order valence-electron chi connectivity index (χ1n) is 9.99. The zero-order chi connectivity index (χ0) is 22.0. The minimum absolute atomic E-state index is 0.0225. The second kappa shape index (κ2) is 8.91. The molecular formula is C24H25N3O3S. The first-order chi connectivity index (χ1) is 15.0. The maximum Gasteiger partial charge on any atom is 0.162 e. The van der Waals surface area contributed by atoms with Crippen molar-refractivity contribution in [1.82, 2.24) is 9.97 Å². The molecule has 0 aliphatic carbocycles. The number of aromatic nitrogens is 2.